The second-order valence-electron chi connectivity index (χ2n) is 6.14. The van der Waals surface area contributed by atoms with Crippen LogP contribution in [0.1, 0.15) is 17.5 Å². The van der Waals surface area contributed by atoms with Crippen molar-refractivity contribution in [1.29, 1.82) is 0 Å². The van der Waals surface area contributed by atoms with Gasteiger partial charge in [0.1, 0.15) is 12.4 Å². The third kappa shape index (κ3) is 5.25. The molecule has 0 spiro atoms. The van der Waals surface area contributed by atoms with Crippen molar-refractivity contribution in [2.45, 2.75) is 13.0 Å². The molecule has 2 aromatic carbocycles. The Bertz CT molecular complexity index is 885. The van der Waals surface area contributed by atoms with Crippen molar-refractivity contribution in [3.05, 3.63) is 69.0 Å². The predicted octanol–water partition coefficient (Wildman–Crippen LogP) is 5.10. The van der Waals surface area contributed by atoms with E-state index in [1.54, 1.807) is 13.2 Å². The van der Waals surface area contributed by atoms with Gasteiger partial charge in [-0.1, -0.05) is 36.4 Å². The summed E-state index contributed by atoms with van der Waals surface area (Å²) in [5, 5.41) is -0.241. The Balaban J connectivity index is 1.66. The molecule has 0 N–H and O–H groups in total. The van der Waals surface area contributed by atoms with Crippen LogP contribution in [0, 0.1) is 0 Å². The van der Waals surface area contributed by atoms with Crippen LogP contribution in [0.5, 0.6) is 5.75 Å². The fourth-order valence-electron chi connectivity index (χ4n) is 2.67. The average Bonchev–Trinajstić information content (AvgIpc) is 2.95. The summed E-state index contributed by atoms with van der Waals surface area (Å²) in [5.41, 5.74) is 1.90. The summed E-state index contributed by atoms with van der Waals surface area (Å²) in [6.45, 7) is 1.35. The highest BCUT2D eigenvalue weighted by molar-refractivity contribution is 9.10. The van der Waals surface area contributed by atoms with E-state index < -0.39 is 0 Å². The summed E-state index contributed by atoms with van der Waals surface area (Å²) in [6.07, 6.45) is 2.35. The summed E-state index contributed by atoms with van der Waals surface area (Å²) >= 11 is 4.48. The van der Waals surface area contributed by atoms with Crippen molar-refractivity contribution >= 4 is 44.9 Å². The largest absolute Gasteiger partial charge is 0.488 e. The van der Waals surface area contributed by atoms with Crippen molar-refractivity contribution < 1.29 is 19.1 Å². The lowest BCUT2D eigenvalue weighted by Crippen LogP contribution is -2.29. The predicted molar refractivity (Wildman–Crippen MR) is 114 cm³/mol. The molecule has 1 aliphatic rings. The highest BCUT2D eigenvalue weighted by Crippen LogP contribution is 2.34. The summed E-state index contributed by atoms with van der Waals surface area (Å²) in [4.78, 5) is 26.2. The minimum Gasteiger partial charge on any atom is -0.488 e. The van der Waals surface area contributed by atoms with Gasteiger partial charge in [-0.3, -0.25) is 14.5 Å². The van der Waals surface area contributed by atoms with E-state index in [-0.39, 0.29) is 11.1 Å². The number of halogens is 1. The van der Waals surface area contributed by atoms with Crippen LogP contribution in [-0.2, 0) is 16.1 Å². The Labute approximate surface area is 176 Å². The van der Waals surface area contributed by atoms with E-state index in [4.69, 9.17) is 9.47 Å². The number of hydrogen-bond donors (Lipinski definition) is 0. The first-order valence-corrected chi connectivity index (χ1v) is 10.4. The number of methoxy groups -OCH3 is 1. The molecule has 146 valence electrons. The van der Waals surface area contributed by atoms with Gasteiger partial charge in [-0.25, -0.2) is 0 Å². The van der Waals surface area contributed by atoms with Crippen molar-refractivity contribution in [3.63, 3.8) is 0 Å². The molecule has 28 heavy (non-hydrogen) atoms. The third-order valence-electron chi connectivity index (χ3n) is 4.09. The lowest BCUT2D eigenvalue weighted by atomic mass is 10.2. The second-order valence-corrected chi connectivity index (χ2v) is 7.99. The summed E-state index contributed by atoms with van der Waals surface area (Å²) in [5.74, 6) is 0.459. The zero-order chi connectivity index (χ0) is 19.9. The van der Waals surface area contributed by atoms with E-state index in [0.717, 1.165) is 27.4 Å². The van der Waals surface area contributed by atoms with Gasteiger partial charge in [0.05, 0.1) is 9.38 Å². The monoisotopic (exact) mass is 461 g/mol. The molecule has 0 radical (unpaired) electrons. The molecule has 2 amide bonds. The van der Waals surface area contributed by atoms with Crippen LogP contribution >= 0.6 is 27.7 Å². The number of carbonyl (C=O) groups excluding carboxylic acids is 2. The molecule has 5 nitrogen and oxygen atoms in total. The molecule has 0 aliphatic carbocycles. The Morgan fingerprint density at radius 3 is 2.64 bits per heavy atom. The molecule has 2 aromatic rings. The number of carbonyl (C=O) groups is 2. The molecule has 3 rings (SSSR count). The maximum Gasteiger partial charge on any atom is 0.293 e. The van der Waals surface area contributed by atoms with Gasteiger partial charge >= 0.3 is 0 Å². The lowest BCUT2D eigenvalue weighted by Gasteiger charge is -2.11. The minimum absolute atomic E-state index is 0.241. The second kappa shape index (κ2) is 9.91. The van der Waals surface area contributed by atoms with E-state index in [9.17, 15) is 9.59 Å². The zero-order valence-corrected chi connectivity index (χ0v) is 17.8. The average molecular weight is 462 g/mol. The number of thioether (sulfide) groups is 1. The van der Waals surface area contributed by atoms with Crippen LogP contribution in [0.3, 0.4) is 0 Å². The van der Waals surface area contributed by atoms with Crippen molar-refractivity contribution in [3.8, 4) is 5.75 Å². The number of amides is 2. The van der Waals surface area contributed by atoms with Crippen LogP contribution in [0.25, 0.3) is 6.08 Å². The van der Waals surface area contributed by atoms with Crippen LogP contribution in [0.2, 0.25) is 0 Å². The molecule has 0 bridgehead atoms. The number of nitrogens with zero attached hydrogens (tertiary/aromatic N) is 1. The van der Waals surface area contributed by atoms with E-state index in [2.05, 4.69) is 15.9 Å². The van der Waals surface area contributed by atoms with E-state index in [1.165, 1.54) is 4.90 Å². The van der Waals surface area contributed by atoms with Gasteiger partial charge in [0, 0.05) is 20.3 Å². The Morgan fingerprint density at radius 1 is 1.14 bits per heavy atom. The van der Waals surface area contributed by atoms with E-state index in [0.29, 0.717) is 36.8 Å². The Hall–Kier alpha value is -2.09. The normalized spacial score (nSPS) is 15.5. The zero-order valence-electron chi connectivity index (χ0n) is 15.4. The molecular formula is C21H20BrNO4S. The Kier molecular flexibility index (Phi) is 7.30. The molecule has 0 atom stereocenters. The van der Waals surface area contributed by atoms with Crippen LogP contribution in [0.4, 0.5) is 4.79 Å². The summed E-state index contributed by atoms with van der Waals surface area (Å²) < 4.78 is 11.6. The van der Waals surface area contributed by atoms with Crippen molar-refractivity contribution in [2.75, 3.05) is 20.3 Å². The fraction of sp³-hybridized carbons (Fsp3) is 0.238. The number of rotatable bonds is 8. The summed E-state index contributed by atoms with van der Waals surface area (Å²) in [6, 6.07) is 15.5. The molecular weight excluding hydrogens is 442 g/mol. The third-order valence-corrected chi connectivity index (χ3v) is 5.62. The summed E-state index contributed by atoms with van der Waals surface area (Å²) in [7, 11) is 1.60. The van der Waals surface area contributed by atoms with Crippen LogP contribution in [0.15, 0.2) is 57.9 Å². The molecule has 0 saturated carbocycles. The molecule has 1 saturated heterocycles. The SMILES string of the molecule is COCCCN1C(=O)S/C(=C/c2ccc(OCc3ccccc3)c(Br)c2)C1=O. The number of benzene rings is 2. The van der Waals surface area contributed by atoms with E-state index >= 15 is 0 Å². The number of ether oxygens (including phenoxy) is 2. The number of hydrogen-bond acceptors (Lipinski definition) is 5. The maximum absolute atomic E-state index is 12.5. The molecule has 0 unspecified atom stereocenters. The first-order chi connectivity index (χ1) is 13.6. The van der Waals surface area contributed by atoms with Crippen molar-refractivity contribution in [2.24, 2.45) is 0 Å². The van der Waals surface area contributed by atoms with Crippen molar-refractivity contribution in [1.82, 2.24) is 4.90 Å². The maximum atomic E-state index is 12.5. The molecule has 1 heterocycles. The van der Waals surface area contributed by atoms with Gasteiger partial charge in [0.2, 0.25) is 0 Å². The van der Waals surface area contributed by atoms with Crippen LogP contribution < -0.4 is 4.74 Å². The van der Waals surface area contributed by atoms with Gasteiger partial charge in [-0.15, -0.1) is 0 Å². The topological polar surface area (TPSA) is 55.8 Å². The minimum atomic E-state index is -0.258. The quantitative estimate of drug-likeness (QED) is 0.404. The van der Waals surface area contributed by atoms with Gasteiger partial charge in [0.15, 0.2) is 0 Å². The number of imide groups is 1. The molecule has 0 aromatic heterocycles. The highest BCUT2D eigenvalue weighted by Gasteiger charge is 2.34. The van der Waals surface area contributed by atoms with E-state index in [1.807, 2.05) is 48.5 Å². The van der Waals surface area contributed by atoms with Gasteiger partial charge in [0.25, 0.3) is 11.1 Å². The molecule has 7 heteroatoms. The fourth-order valence-corrected chi connectivity index (χ4v) is 4.05. The Morgan fingerprint density at radius 2 is 1.93 bits per heavy atom. The molecule has 1 aliphatic heterocycles. The van der Waals surface area contributed by atoms with Gasteiger partial charge in [-0.05, 0) is 63.4 Å². The lowest BCUT2D eigenvalue weighted by molar-refractivity contribution is -0.122. The first-order valence-electron chi connectivity index (χ1n) is 8.79. The van der Waals surface area contributed by atoms with Gasteiger partial charge < -0.3 is 9.47 Å². The van der Waals surface area contributed by atoms with Gasteiger partial charge in [-0.2, -0.15) is 0 Å². The highest BCUT2D eigenvalue weighted by atomic mass is 79.9. The molecule has 1 fully saturated rings. The standard InChI is InChI=1S/C21H20BrNO4S/c1-26-11-5-10-23-20(24)19(28-21(23)25)13-16-8-9-18(17(22)12-16)27-14-15-6-3-2-4-7-15/h2-4,6-9,12-13H,5,10-11,14H2,1H3/b19-13+. The smallest absolute Gasteiger partial charge is 0.293 e. The first kappa shape index (κ1) is 20.6. The van der Waals surface area contributed by atoms with Crippen LogP contribution in [-0.4, -0.2) is 36.3 Å².